The minimum absolute atomic E-state index is 0.287. The van der Waals surface area contributed by atoms with Gasteiger partial charge in [-0.2, -0.15) is 0 Å². The highest BCUT2D eigenvalue weighted by molar-refractivity contribution is 5.79. The fourth-order valence-electron chi connectivity index (χ4n) is 0.851. The lowest BCUT2D eigenvalue weighted by atomic mass is 10.0. The van der Waals surface area contributed by atoms with E-state index in [-0.39, 0.29) is 12.6 Å². The van der Waals surface area contributed by atoms with Crippen molar-refractivity contribution in [3.05, 3.63) is 0 Å². The van der Waals surface area contributed by atoms with Gasteiger partial charge in [0.1, 0.15) is 12.1 Å². The maximum atomic E-state index is 11.4. The molecule has 0 radical (unpaired) electrons. The third-order valence-electron chi connectivity index (χ3n) is 2.30. The molecule has 0 amide bonds. The summed E-state index contributed by atoms with van der Waals surface area (Å²) >= 11 is 0. The van der Waals surface area contributed by atoms with Gasteiger partial charge in [0.15, 0.2) is 0 Å². The first-order chi connectivity index (χ1) is 7.04. The van der Waals surface area contributed by atoms with Crippen molar-refractivity contribution in [3.8, 4) is 0 Å². The molecule has 15 heavy (non-hydrogen) atoms. The van der Waals surface area contributed by atoms with Gasteiger partial charge in [-0.05, 0) is 19.8 Å². The van der Waals surface area contributed by atoms with Crippen LogP contribution in [0.1, 0.15) is 40.0 Å². The van der Waals surface area contributed by atoms with Gasteiger partial charge in [-0.15, -0.1) is 0 Å². The molecule has 4 nitrogen and oxygen atoms in total. The van der Waals surface area contributed by atoms with Crippen LogP contribution in [0.4, 0.5) is 0 Å². The summed E-state index contributed by atoms with van der Waals surface area (Å²) in [4.78, 5) is 11.4. The van der Waals surface area contributed by atoms with E-state index in [1.807, 2.05) is 6.92 Å². The highest BCUT2D eigenvalue weighted by Gasteiger charge is 2.27. The van der Waals surface area contributed by atoms with Crippen LogP contribution in [0, 0.1) is 0 Å². The van der Waals surface area contributed by atoms with Gasteiger partial charge in [0.25, 0.3) is 0 Å². The van der Waals surface area contributed by atoms with Crippen molar-refractivity contribution in [2.24, 2.45) is 5.73 Å². The molecule has 0 aliphatic heterocycles. The summed E-state index contributed by atoms with van der Waals surface area (Å²) in [5.74, 6) is -0.357. The van der Waals surface area contributed by atoms with Crippen LogP contribution in [0.5, 0.6) is 0 Å². The third kappa shape index (κ3) is 6.47. The summed E-state index contributed by atoms with van der Waals surface area (Å²) in [6.07, 6.45) is 2.72. The Morgan fingerprint density at radius 1 is 1.27 bits per heavy atom. The van der Waals surface area contributed by atoms with Crippen LogP contribution in [-0.4, -0.2) is 31.3 Å². The van der Waals surface area contributed by atoms with Crippen LogP contribution < -0.4 is 5.73 Å². The molecular formula is C11H23NO3. The summed E-state index contributed by atoms with van der Waals surface area (Å²) in [6, 6.07) is 0. The maximum absolute atomic E-state index is 11.4. The molecule has 2 N–H and O–H groups in total. The van der Waals surface area contributed by atoms with E-state index in [1.54, 1.807) is 6.92 Å². The van der Waals surface area contributed by atoms with E-state index < -0.39 is 5.54 Å². The highest BCUT2D eigenvalue weighted by atomic mass is 16.6. The van der Waals surface area contributed by atoms with E-state index in [4.69, 9.17) is 15.2 Å². The molecule has 0 bridgehead atoms. The van der Waals surface area contributed by atoms with E-state index >= 15 is 0 Å². The Hall–Kier alpha value is -0.610. The van der Waals surface area contributed by atoms with Gasteiger partial charge in [0, 0.05) is 6.61 Å². The number of ether oxygens (including phenoxy) is 2. The van der Waals surface area contributed by atoms with E-state index in [9.17, 15) is 4.79 Å². The predicted molar refractivity (Wildman–Crippen MR) is 59.6 cm³/mol. The average Bonchev–Trinajstić information content (AvgIpc) is 2.22. The molecule has 0 saturated carbocycles. The highest BCUT2D eigenvalue weighted by Crippen LogP contribution is 2.06. The zero-order valence-corrected chi connectivity index (χ0v) is 10.0. The molecule has 1 atom stereocenters. The van der Waals surface area contributed by atoms with Crippen molar-refractivity contribution in [1.82, 2.24) is 0 Å². The van der Waals surface area contributed by atoms with Crippen molar-refractivity contribution < 1.29 is 14.3 Å². The number of carbonyl (C=O) groups excluding carboxylic acids is 1. The smallest absolute Gasteiger partial charge is 0.325 e. The fraction of sp³-hybridized carbons (Fsp3) is 0.909. The molecule has 1 unspecified atom stereocenters. The lowest BCUT2D eigenvalue weighted by Gasteiger charge is -2.20. The monoisotopic (exact) mass is 217 g/mol. The molecule has 4 heteroatoms. The predicted octanol–water partition coefficient (Wildman–Crippen LogP) is 1.47. The van der Waals surface area contributed by atoms with E-state index in [0.29, 0.717) is 13.0 Å². The van der Waals surface area contributed by atoms with Gasteiger partial charge in [-0.25, -0.2) is 0 Å². The SMILES string of the molecule is CCCCOCCOC(=O)C(C)(N)CC. The first-order valence-electron chi connectivity index (χ1n) is 5.58. The summed E-state index contributed by atoms with van der Waals surface area (Å²) in [5.41, 5.74) is 4.84. The Morgan fingerprint density at radius 2 is 1.93 bits per heavy atom. The van der Waals surface area contributed by atoms with Crippen LogP contribution >= 0.6 is 0 Å². The number of hydrogen-bond acceptors (Lipinski definition) is 4. The number of hydrogen-bond donors (Lipinski definition) is 1. The summed E-state index contributed by atoms with van der Waals surface area (Å²) in [6.45, 7) is 7.10. The topological polar surface area (TPSA) is 61.5 Å². The quantitative estimate of drug-likeness (QED) is 0.494. The van der Waals surface area contributed by atoms with Crippen molar-refractivity contribution in [3.63, 3.8) is 0 Å². The standard InChI is InChI=1S/C11H23NO3/c1-4-6-7-14-8-9-15-10(13)11(3,12)5-2/h4-9,12H2,1-3H3. The van der Waals surface area contributed by atoms with E-state index in [2.05, 4.69) is 6.92 Å². The van der Waals surface area contributed by atoms with Gasteiger partial charge < -0.3 is 15.2 Å². The number of esters is 1. The van der Waals surface area contributed by atoms with Gasteiger partial charge >= 0.3 is 5.97 Å². The van der Waals surface area contributed by atoms with Crippen molar-refractivity contribution >= 4 is 5.97 Å². The minimum Gasteiger partial charge on any atom is -0.462 e. The molecule has 0 rings (SSSR count). The molecule has 0 aromatic carbocycles. The lowest BCUT2D eigenvalue weighted by molar-refractivity contribution is -0.151. The second-order valence-electron chi connectivity index (χ2n) is 3.87. The largest absolute Gasteiger partial charge is 0.462 e. The number of rotatable bonds is 8. The second-order valence-corrected chi connectivity index (χ2v) is 3.87. The summed E-state index contributed by atoms with van der Waals surface area (Å²) < 4.78 is 10.2. The molecule has 0 aliphatic carbocycles. The Balaban J connectivity index is 3.47. The van der Waals surface area contributed by atoms with Gasteiger partial charge in [-0.1, -0.05) is 20.3 Å². The number of nitrogens with two attached hydrogens (primary N) is 1. The van der Waals surface area contributed by atoms with Crippen molar-refractivity contribution in [2.75, 3.05) is 19.8 Å². The molecule has 90 valence electrons. The fourth-order valence-corrected chi connectivity index (χ4v) is 0.851. The molecule has 0 spiro atoms. The van der Waals surface area contributed by atoms with Crippen molar-refractivity contribution in [2.45, 2.75) is 45.6 Å². The second kappa shape index (κ2) is 7.65. The van der Waals surface area contributed by atoms with Crippen LogP contribution in [0.25, 0.3) is 0 Å². The lowest BCUT2D eigenvalue weighted by Crippen LogP contribution is -2.45. The Kier molecular flexibility index (Phi) is 7.34. The third-order valence-corrected chi connectivity index (χ3v) is 2.30. The molecule has 0 aliphatic rings. The van der Waals surface area contributed by atoms with Crippen LogP contribution in [0.15, 0.2) is 0 Å². The Morgan fingerprint density at radius 3 is 2.47 bits per heavy atom. The molecule has 0 aromatic heterocycles. The van der Waals surface area contributed by atoms with Crippen LogP contribution in [0.2, 0.25) is 0 Å². The first kappa shape index (κ1) is 14.4. The summed E-state index contributed by atoms with van der Waals surface area (Å²) in [5, 5.41) is 0. The number of carbonyl (C=O) groups is 1. The zero-order chi connectivity index (χ0) is 11.7. The first-order valence-corrected chi connectivity index (χ1v) is 5.58. The molecular weight excluding hydrogens is 194 g/mol. The van der Waals surface area contributed by atoms with Gasteiger partial charge in [0.05, 0.1) is 6.61 Å². The molecule has 0 heterocycles. The summed E-state index contributed by atoms with van der Waals surface area (Å²) in [7, 11) is 0. The average molecular weight is 217 g/mol. The van der Waals surface area contributed by atoms with Crippen LogP contribution in [0.3, 0.4) is 0 Å². The van der Waals surface area contributed by atoms with Gasteiger partial charge in [0.2, 0.25) is 0 Å². The Labute approximate surface area is 92.1 Å². The zero-order valence-electron chi connectivity index (χ0n) is 10.0. The van der Waals surface area contributed by atoms with Crippen LogP contribution in [-0.2, 0) is 14.3 Å². The molecule has 0 saturated heterocycles. The normalized spacial score (nSPS) is 14.7. The molecule has 0 aromatic rings. The van der Waals surface area contributed by atoms with Gasteiger partial charge in [-0.3, -0.25) is 4.79 Å². The van der Waals surface area contributed by atoms with E-state index in [0.717, 1.165) is 19.4 Å². The number of unbranched alkanes of at least 4 members (excludes halogenated alkanes) is 1. The van der Waals surface area contributed by atoms with Crippen molar-refractivity contribution in [1.29, 1.82) is 0 Å². The minimum atomic E-state index is -0.872. The van der Waals surface area contributed by atoms with E-state index in [1.165, 1.54) is 0 Å². The Bertz CT molecular complexity index is 181. The maximum Gasteiger partial charge on any atom is 0.325 e. The molecule has 0 fully saturated rings.